The van der Waals surface area contributed by atoms with Crippen molar-refractivity contribution in [1.29, 1.82) is 0 Å². The number of Topliss-reactive ketones (excluding diaryl/α,β-unsaturated/α-hetero) is 1. The Hall–Kier alpha value is -1.31. The van der Waals surface area contributed by atoms with E-state index in [2.05, 4.69) is 0 Å². The maximum Gasteiger partial charge on any atom is 0.159 e. The summed E-state index contributed by atoms with van der Waals surface area (Å²) in [4.78, 5) is 10.9. The number of hydrogen-bond donors (Lipinski definition) is 0. The monoisotopic (exact) mass is 164 g/mol. The number of carbonyl (C=O) groups is 1. The normalized spacial score (nSPS) is 9.50. The van der Waals surface area contributed by atoms with E-state index >= 15 is 0 Å². The van der Waals surface area contributed by atoms with Crippen molar-refractivity contribution in [3.05, 3.63) is 29.8 Å². The van der Waals surface area contributed by atoms with Crippen LogP contribution in [0.3, 0.4) is 0 Å². The summed E-state index contributed by atoms with van der Waals surface area (Å²) < 4.78 is 5.23. The van der Waals surface area contributed by atoms with E-state index in [0.29, 0.717) is 6.61 Å². The predicted octanol–water partition coefficient (Wildman–Crippen LogP) is 2.29. The van der Waals surface area contributed by atoms with Crippen LogP contribution in [-0.2, 0) is 0 Å². The number of carbonyl (C=O) groups excluding carboxylic acids is 1. The van der Waals surface area contributed by atoms with Gasteiger partial charge in [0, 0.05) is 5.56 Å². The molecule has 0 amide bonds. The lowest BCUT2D eigenvalue weighted by molar-refractivity contribution is 0.101. The highest BCUT2D eigenvalue weighted by Crippen LogP contribution is 2.11. The largest absolute Gasteiger partial charge is 0.494 e. The molecule has 64 valence electrons. The van der Waals surface area contributed by atoms with E-state index in [9.17, 15) is 4.79 Å². The molecule has 0 fully saturated rings. The van der Waals surface area contributed by atoms with Gasteiger partial charge in [0.1, 0.15) is 5.75 Å². The third-order valence-electron chi connectivity index (χ3n) is 1.57. The summed E-state index contributed by atoms with van der Waals surface area (Å²) >= 11 is 0. The maximum atomic E-state index is 10.9. The van der Waals surface area contributed by atoms with Crippen LogP contribution in [0.25, 0.3) is 0 Å². The van der Waals surface area contributed by atoms with Crippen molar-refractivity contribution >= 4 is 5.78 Å². The molecule has 0 atom stereocenters. The van der Waals surface area contributed by atoms with E-state index in [0.717, 1.165) is 11.3 Å². The zero-order valence-corrected chi connectivity index (χ0v) is 7.33. The van der Waals surface area contributed by atoms with Gasteiger partial charge in [0.25, 0.3) is 0 Å². The Balaban J connectivity index is 2.78. The van der Waals surface area contributed by atoms with Gasteiger partial charge >= 0.3 is 0 Å². The molecule has 1 aromatic rings. The predicted molar refractivity (Wildman–Crippen MR) is 47.6 cm³/mol. The molecule has 0 N–H and O–H groups in total. The summed E-state index contributed by atoms with van der Waals surface area (Å²) in [6.07, 6.45) is 0. The van der Waals surface area contributed by atoms with Gasteiger partial charge in [0.15, 0.2) is 5.78 Å². The lowest BCUT2D eigenvalue weighted by Crippen LogP contribution is -1.94. The van der Waals surface area contributed by atoms with Crippen molar-refractivity contribution in [2.24, 2.45) is 0 Å². The fourth-order valence-corrected chi connectivity index (χ4v) is 0.953. The molecule has 0 aliphatic heterocycles. The number of benzene rings is 1. The molecule has 1 rings (SSSR count). The third-order valence-corrected chi connectivity index (χ3v) is 1.57. The molecule has 0 radical (unpaired) electrons. The summed E-state index contributed by atoms with van der Waals surface area (Å²) in [6, 6.07) is 7.15. The van der Waals surface area contributed by atoms with Crippen LogP contribution >= 0.6 is 0 Å². The lowest BCUT2D eigenvalue weighted by atomic mass is 10.1. The second kappa shape index (κ2) is 3.90. The van der Waals surface area contributed by atoms with Gasteiger partial charge in [-0.15, -0.1) is 0 Å². The van der Waals surface area contributed by atoms with E-state index in [-0.39, 0.29) is 5.78 Å². The van der Waals surface area contributed by atoms with E-state index < -0.39 is 0 Å². The summed E-state index contributed by atoms with van der Waals surface area (Å²) in [6.45, 7) is 4.13. The Morgan fingerprint density at radius 2 is 1.92 bits per heavy atom. The molecule has 0 aliphatic carbocycles. The highest BCUT2D eigenvalue weighted by Gasteiger charge is 1.97. The summed E-state index contributed by atoms with van der Waals surface area (Å²) in [5.74, 6) is 0.889. The minimum absolute atomic E-state index is 0.0815. The van der Waals surface area contributed by atoms with Crippen LogP contribution in [0.4, 0.5) is 0 Å². The van der Waals surface area contributed by atoms with Crippen molar-refractivity contribution in [3.63, 3.8) is 0 Å². The van der Waals surface area contributed by atoms with Gasteiger partial charge in [-0.25, -0.2) is 0 Å². The van der Waals surface area contributed by atoms with Gasteiger partial charge in [-0.1, -0.05) is 0 Å². The molecule has 0 aliphatic rings. The molecule has 0 aromatic heterocycles. The number of ketones is 1. The molecule has 1 aromatic carbocycles. The Kier molecular flexibility index (Phi) is 2.86. The summed E-state index contributed by atoms with van der Waals surface area (Å²) in [7, 11) is 0. The molecule has 0 saturated carbocycles. The molecule has 0 saturated heterocycles. The van der Waals surface area contributed by atoms with Crippen molar-refractivity contribution in [2.45, 2.75) is 13.8 Å². The van der Waals surface area contributed by atoms with Gasteiger partial charge < -0.3 is 4.74 Å². The Bertz CT molecular complexity index is 262. The van der Waals surface area contributed by atoms with Gasteiger partial charge in [-0.3, -0.25) is 4.79 Å². The topological polar surface area (TPSA) is 26.3 Å². The smallest absolute Gasteiger partial charge is 0.159 e. The minimum atomic E-state index is 0.0815. The van der Waals surface area contributed by atoms with Crippen molar-refractivity contribution in [3.8, 4) is 5.75 Å². The quantitative estimate of drug-likeness (QED) is 0.641. The number of rotatable bonds is 3. The molecular formula is C10H12O2. The van der Waals surface area contributed by atoms with Crippen LogP contribution < -0.4 is 4.74 Å². The summed E-state index contributed by atoms with van der Waals surface area (Å²) in [5, 5.41) is 0. The highest BCUT2D eigenvalue weighted by molar-refractivity contribution is 5.94. The lowest BCUT2D eigenvalue weighted by Gasteiger charge is -2.02. The fraction of sp³-hybridized carbons (Fsp3) is 0.300. The first-order valence-electron chi connectivity index (χ1n) is 3.98. The Labute approximate surface area is 72.2 Å². The molecular weight excluding hydrogens is 152 g/mol. The second-order valence-electron chi connectivity index (χ2n) is 2.51. The average Bonchev–Trinajstić information content (AvgIpc) is 2.06. The van der Waals surface area contributed by atoms with Gasteiger partial charge in [0.2, 0.25) is 0 Å². The van der Waals surface area contributed by atoms with Crippen LogP contribution in [0.2, 0.25) is 0 Å². The molecule has 2 nitrogen and oxygen atoms in total. The maximum absolute atomic E-state index is 10.9. The first kappa shape index (κ1) is 8.78. The summed E-state index contributed by atoms with van der Waals surface area (Å²) in [5.41, 5.74) is 0.721. The van der Waals surface area contributed by atoms with Crippen LogP contribution in [0, 0.1) is 0 Å². The molecule has 0 spiro atoms. The second-order valence-corrected chi connectivity index (χ2v) is 2.51. The molecule has 2 heteroatoms. The third kappa shape index (κ3) is 2.09. The van der Waals surface area contributed by atoms with E-state index in [1.54, 1.807) is 31.2 Å². The molecule has 0 heterocycles. The fourth-order valence-electron chi connectivity index (χ4n) is 0.953. The average molecular weight is 164 g/mol. The number of ether oxygens (including phenoxy) is 1. The van der Waals surface area contributed by atoms with Crippen LogP contribution in [0.1, 0.15) is 24.2 Å². The van der Waals surface area contributed by atoms with Gasteiger partial charge in [-0.05, 0) is 38.1 Å². The standard InChI is InChI=1S/C10H12O2/c1-3-12-10-6-4-9(5-7-10)8(2)11/h4-7H,3H2,1-2H3. The van der Waals surface area contributed by atoms with Crippen molar-refractivity contribution in [1.82, 2.24) is 0 Å². The Morgan fingerprint density at radius 1 is 1.33 bits per heavy atom. The van der Waals surface area contributed by atoms with Crippen molar-refractivity contribution in [2.75, 3.05) is 6.61 Å². The highest BCUT2D eigenvalue weighted by atomic mass is 16.5. The van der Waals surface area contributed by atoms with Crippen molar-refractivity contribution < 1.29 is 9.53 Å². The Morgan fingerprint density at radius 3 is 2.33 bits per heavy atom. The SMILES string of the molecule is CCOc1ccc(C(C)=O)cc1. The molecule has 0 bridgehead atoms. The van der Waals surface area contributed by atoms with E-state index in [1.165, 1.54) is 0 Å². The molecule has 12 heavy (non-hydrogen) atoms. The zero-order chi connectivity index (χ0) is 8.97. The number of hydrogen-bond acceptors (Lipinski definition) is 2. The molecule has 0 unspecified atom stereocenters. The first-order chi connectivity index (χ1) is 5.74. The zero-order valence-electron chi connectivity index (χ0n) is 7.33. The van der Waals surface area contributed by atoms with Crippen LogP contribution in [-0.4, -0.2) is 12.4 Å². The van der Waals surface area contributed by atoms with E-state index in [1.807, 2.05) is 6.92 Å². The van der Waals surface area contributed by atoms with Gasteiger partial charge in [-0.2, -0.15) is 0 Å². The minimum Gasteiger partial charge on any atom is -0.494 e. The first-order valence-corrected chi connectivity index (χ1v) is 3.98. The van der Waals surface area contributed by atoms with Crippen LogP contribution in [0.5, 0.6) is 5.75 Å². The van der Waals surface area contributed by atoms with Gasteiger partial charge in [0.05, 0.1) is 6.61 Å². The van der Waals surface area contributed by atoms with Crippen LogP contribution in [0.15, 0.2) is 24.3 Å². The van der Waals surface area contributed by atoms with E-state index in [4.69, 9.17) is 4.74 Å².